The van der Waals surface area contributed by atoms with Crippen molar-refractivity contribution in [1.82, 2.24) is 4.90 Å². The van der Waals surface area contributed by atoms with Gasteiger partial charge in [0, 0.05) is 6.04 Å². The first-order valence-electron chi connectivity index (χ1n) is 5.56. The fraction of sp³-hybridized carbons (Fsp3) is 0.500. The smallest absolute Gasteiger partial charge is 0.239 e. The number of nitrogens with zero attached hydrogens (tertiary/aromatic N) is 1. The normalized spacial score (nSPS) is 12.5. The number of ketones is 1. The molecule has 0 aliphatic carbocycles. The van der Waals surface area contributed by atoms with Crippen molar-refractivity contribution in [2.24, 2.45) is 5.73 Å². The summed E-state index contributed by atoms with van der Waals surface area (Å²) in [6.45, 7) is 5.28. The van der Waals surface area contributed by atoms with Gasteiger partial charge in [-0.25, -0.2) is 0 Å². The Balaban J connectivity index is 2.74. The van der Waals surface area contributed by atoms with Crippen molar-refractivity contribution in [1.29, 1.82) is 0 Å². The van der Waals surface area contributed by atoms with E-state index in [1.54, 1.807) is 19.1 Å². The van der Waals surface area contributed by atoms with Crippen molar-refractivity contribution in [2.75, 3.05) is 6.54 Å². The Hall–Kier alpha value is -1.62. The third-order valence-corrected chi connectivity index (χ3v) is 2.41. The maximum Gasteiger partial charge on any atom is 0.239 e. The van der Waals surface area contributed by atoms with Crippen LogP contribution in [0.2, 0.25) is 0 Å². The van der Waals surface area contributed by atoms with Crippen molar-refractivity contribution in [3.8, 4) is 0 Å². The van der Waals surface area contributed by atoms with Crippen molar-refractivity contribution in [2.45, 2.75) is 32.9 Å². The van der Waals surface area contributed by atoms with Gasteiger partial charge in [-0.1, -0.05) is 0 Å². The summed E-state index contributed by atoms with van der Waals surface area (Å²) in [6.07, 6.45) is 1.43. The Morgan fingerprint density at radius 2 is 2.06 bits per heavy atom. The fourth-order valence-electron chi connectivity index (χ4n) is 1.45. The molecule has 0 aliphatic rings. The summed E-state index contributed by atoms with van der Waals surface area (Å²) in [5, 5.41) is 0. The number of hydrogen-bond donors (Lipinski definition) is 1. The molecule has 0 saturated carbocycles. The maximum atomic E-state index is 11.8. The molecule has 0 fully saturated rings. The minimum atomic E-state index is -0.609. The predicted molar refractivity (Wildman–Crippen MR) is 63.5 cm³/mol. The largest absolute Gasteiger partial charge is 0.461 e. The second-order valence-electron chi connectivity index (χ2n) is 4.25. The predicted octanol–water partition coefficient (Wildman–Crippen LogP) is 1.05. The summed E-state index contributed by atoms with van der Waals surface area (Å²) in [4.78, 5) is 25.1. The van der Waals surface area contributed by atoms with Gasteiger partial charge in [-0.15, -0.1) is 0 Å². The first kappa shape index (κ1) is 13.4. The molecule has 94 valence electrons. The van der Waals surface area contributed by atoms with E-state index in [0.717, 1.165) is 0 Å². The van der Waals surface area contributed by atoms with Gasteiger partial charge in [0.15, 0.2) is 5.76 Å². The molecule has 5 heteroatoms. The lowest BCUT2D eigenvalue weighted by Crippen LogP contribution is -2.47. The highest BCUT2D eigenvalue weighted by molar-refractivity contribution is 5.97. The number of nitrogens with two attached hydrogens (primary N) is 1. The number of furan rings is 1. The summed E-state index contributed by atoms with van der Waals surface area (Å²) in [6, 6.07) is 2.53. The summed E-state index contributed by atoms with van der Waals surface area (Å²) < 4.78 is 5.00. The summed E-state index contributed by atoms with van der Waals surface area (Å²) in [5.74, 6) is -0.203. The van der Waals surface area contributed by atoms with Gasteiger partial charge in [-0.3, -0.25) is 9.59 Å². The summed E-state index contributed by atoms with van der Waals surface area (Å²) >= 11 is 0. The molecule has 0 aromatic carbocycles. The van der Waals surface area contributed by atoms with Gasteiger partial charge in [0.1, 0.15) is 0 Å². The van der Waals surface area contributed by atoms with Crippen LogP contribution in [-0.2, 0) is 4.79 Å². The van der Waals surface area contributed by atoms with Crippen LogP contribution in [0.1, 0.15) is 31.3 Å². The zero-order chi connectivity index (χ0) is 13.0. The maximum absolute atomic E-state index is 11.8. The monoisotopic (exact) mass is 238 g/mol. The average molecular weight is 238 g/mol. The first-order chi connectivity index (χ1) is 7.93. The van der Waals surface area contributed by atoms with E-state index in [1.165, 1.54) is 11.2 Å². The van der Waals surface area contributed by atoms with E-state index in [2.05, 4.69) is 0 Å². The van der Waals surface area contributed by atoms with Gasteiger partial charge in [-0.05, 0) is 32.9 Å². The molecular weight excluding hydrogens is 220 g/mol. The highest BCUT2D eigenvalue weighted by Gasteiger charge is 2.24. The lowest BCUT2D eigenvalue weighted by atomic mass is 10.2. The average Bonchev–Trinajstić information content (AvgIpc) is 2.77. The zero-order valence-electron chi connectivity index (χ0n) is 10.3. The topological polar surface area (TPSA) is 76.5 Å². The number of carbonyl (C=O) groups excluding carboxylic acids is 2. The summed E-state index contributed by atoms with van der Waals surface area (Å²) in [7, 11) is 0. The van der Waals surface area contributed by atoms with Crippen LogP contribution in [0.5, 0.6) is 0 Å². The van der Waals surface area contributed by atoms with E-state index >= 15 is 0 Å². The third kappa shape index (κ3) is 3.42. The lowest BCUT2D eigenvalue weighted by Gasteiger charge is -2.27. The standard InChI is InChI=1S/C12H18N2O3/c1-8(2)14(12(16)9(3)13)7-10(15)11-5-4-6-17-11/h4-6,8-9H,7,13H2,1-3H3/t9-/m0/s1. The van der Waals surface area contributed by atoms with E-state index < -0.39 is 6.04 Å². The lowest BCUT2D eigenvalue weighted by molar-refractivity contribution is -0.133. The van der Waals surface area contributed by atoms with E-state index in [4.69, 9.17) is 10.2 Å². The van der Waals surface area contributed by atoms with E-state index in [0.29, 0.717) is 0 Å². The Labute approximate surface area is 101 Å². The quantitative estimate of drug-likeness (QED) is 0.778. The molecule has 17 heavy (non-hydrogen) atoms. The van der Waals surface area contributed by atoms with Crippen LogP contribution < -0.4 is 5.73 Å². The van der Waals surface area contributed by atoms with Crippen molar-refractivity contribution in [3.63, 3.8) is 0 Å². The molecule has 0 saturated heterocycles. The molecule has 1 aromatic rings. The van der Waals surface area contributed by atoms with E-state index in [-0.39, 0.29) is 30.0 Å². The van der Waals surface area contributed by atoms with Crippen LogP contribution in [0.25, 0.3) is 0 Å². The Kier molecular flexibility index (Phi) is 4.45. The molecule has 1 atom stereocenters. The Morgan fingerprint density at radius 3 is 2.47 bits per heavy atom. The fourth-order valence-corrected chi connectivity index (χ4v) is 1.45. The van der Waals surface area contributed by atoms with Gasteiger partial charge in [0.05, 0.1) is 18.8 Å². The van der Waals surface area contributed by atoms with Gasteiger partial charge in [-0.2, -0.15) is 0 Å². The number of carbonyl (C=O) groups is 2. The van der Waals surface area contributed by atoms with Crippen LogP contribution in [0.4, 0.5) is 0 Å². The highest BCUT2D eigenvalue weighted by atomic mass is 16.3. The van der Waals surface area contributed by atoms with Crippen molar-refractivity contribution < 1.29 is 14.0 Å². The molecule has 5 nitrogen and oxygen atoms in total. The van der Waals surface area contributed by atoms with Crippen LogP contribution in [0, 0.1) is 0 Å². The number of amides is 1. The number of hydrogen-bond acceptors (Lipinski definition) is 4. The molecule has 1 heterocycles. The molecule has 0 spiro atoms. The molecule has 1 rings (SSSR count). The molecule has 1 amide bonds. The van der Waals surface area contributed by atoms with Crippen LogP contribution in [-0.4, -0.2) is 35.2 Å². The molecule has 0 bridgehead atoms. The van der Waals surface area contributed by atoms with Gasteiger partial charge in [0.2, 0.25) is 11.7 Å². The van der Waals surface area contributed by atoms with Crippen LogP contribution in [0.3, 0.4) is 0 Å². The minimum Gasteiger partial charge on any atom is -0.461 e. The van der Waals surface area contributed by atoms with Crippen LogP contribution >= 0.6 is 0 Å². The number of rotatable bonds is 5. The molecule has 2 N–H and O–H groups in total. The van der Waals surface area contributed by atoms with Gasteiger partial charge < -0.3 is 15.1 Å². The van der Waals surface area contributed by atoms with E-state index in [9.17, 15) is 9.59 Å². The second kappa shape index (κ2) is 5.63. The Bertz CT molecular complexity index is 382. The third-order valence-electron chi connectivity index (χ3n) is 2.41. The highest BCUT2D eigenvalue weighted by Crippen LogP contribution is 2.07. The zero-order valence-corrected chi connectivity index (χ0v) is 10.3. The first-order valence-corrected chi connectivity index (χ1v) is 5.56. The SMILES string of the molecule is CC(C)N(CC(=O)c1ccco1)C(=O)[C@H](C)N. The van der Waals surface area contributed by atoms with Crippen LogP contribution in [0.15, 0.2) is 22.8 Å². The van der Waals surface area contributed by atoms with E-state index in [1.807, 2.05) is 13.8 Å². The Morgan fingerprint density at radius 1 is 1.41 bits per heavy atom. The summed E-state index contributed by atoms with van der Waals surface area (Å²) in [5.41, 5.74) is 5.54. The second-order valence-corrected chi connectivity index (χ2v) is 4.25. The minimum absolute atomic E-state index is 0.00838. The molecule has 1 aromatic heterocycles. The number of Topliss-reactive ketones (excluding diaryl/α,β-unsaturated/α-hetero) is 1. The van der Waals surface area contributed by atoms with Crippen molar-refractivity contribution in [3.05, 3.63) is 24.2 Å². The molecule has 0 aliphatic heterocycles. The molecule has 0 radical (unpaired) electrons. The van der Waals surface area contributed by atoms with Crippen molar-refractivity contribution >= 4 is 11.7 Å². The molecule has 0 unspecified atom stereocenters. The molecular formula is C12H18N2O3. The van der Waals surface area contributed by atoms with Gasteiger partial charge in [0.25, 0.3) is 0 Å². The van der Waals surface area contributed by atoms with Gasteiger partial charge >= 0.3 is 0 Å².